The summed E-state index contributed by atoms with van der Waals surface area (Å²) in [7, 11) is 1.41. The molecule has 1 aliphatic carbocycles. The van der Waals surface area contributed by atoms with Crippen molar-refractivity contribution in [2.45, 2.75) is 31.5 Å². The number of fused-ring (bicyclic) bond motifs is 1. The Kier molecular flexibility index (Phi) is 5.32. The molecule has 162 valence electrons. The van der Waals surface area contributed by atoms with E-state index in [1.54, 1.807) is 19.1 Å². The van der Waals surface area contributed by atoms with Crippen molar-refractivity contribution in [3.63, 3.8) is 0 Å². The minimum Gasteiger partial charge on any atom is -0.504 e. The van der Waals surface area contributed by atoms with Gasteiger partial charge in [-0.3, -0.25) is 14.7 Å². The summed E-state index contributed by atoms with van der Waals surface area (Å²) in [6.07, 6.45) is 0.0812. The lowest BCUT2D eigenvalue weighted by Crippen LogP contribution is -2.50. The molecule has 0 saturated carbocycles. The molecule has 2 aromatic carbocycles. The predicted octanol–water partition coefficient (Wildman–Crippen LogP) is 2.22. The molecule has 0 saturated heterocycles. The van der Waals surface area contributed by atoms with Gasteiger partial charge in [0.05, 0.1) is 18.6 Å². The second-order valence-corrected chi connectivity index (χ2v) is 7.99. The van der Waals surface area contributed by atoms with Gasteiger partial charge >= 0.3 is 5.97 Å². The normalized spacial score (nSPS) is 22.5. The van der Waals surface area contributed by atoms with Crippen LogP contribution in [-0.2, 0) is 22.6 Å². The second-order valence-electron chi connectivity index (χ2n) is 7.99. The molecule has 3 aromatic rings. The van der Waals surface area contributed by atoms with Gasteiger partial charge in [0.25, 0.3) is 5.56 Å². The SMILES string of the molecule is COc1cc([C@@H]2c3c([nH][nH]c3=O)C[C@](C)(O)[C@H]2C(=O)OCc2ccccc2)ccc1O. The molecule has 3 atom stereocenters. The number of nitrogens with one attached hydrogen (secondary N) is 2. The van der Waals surface area contributed by atoms with Crippen molar-refractivity contribution in [2.24, 2.45) is 5.92 Å². The maximum Gasteiger partial charge on any atom is 0.313 e. The van der Waals surface area contributed by atoms with Crippen molar-refractivity contribution in [3.05, 3.63) is 81.3 Å². The van der Waals surface area contributed by atoms with E-state index in [4.69, 9.17) is 9.47 Å². The summed E-state index contributed by atoms with van der Waals surface area (Å²) < 4.78 is 10.8. The summed E-state index contributed by atoms with van der Waals surface area (Å²) >= 11 is 0. The quantitative estimate of drug-likeness (QED) is 0.466. The molecular weight excluding hydrogens is 400 g/mol. The average Bonchev–Trinajstić information content (AvgIpc) is 3.11. The van der Waals surface area contributed by atoms with E-state index in [0.717, 1.165) is 5.56 Å². The van der Waals surface area contributed by atoms with Crippen molar-refractivity contribution >= 4 is 5.97 Å². The fourth-order valence-electron chi connectivity index (χ4n) is 4.32. The molecule has 31 heavy (non-hydrogen) atoms. The largest absolute Gasteiger partial charge is 0.504 e. The molecule has 4 rings (SSSR count). The average molecular weight is 424 g/mol. The smallest absolute Gasteiger partial charge is 0.313 e. The first-order valence-electron chi connectivity index (χ1n) is 9.91. The molecule has 1 heterocycles. The monoisotopic (exact) mass is 424 g/mol. The molecule has 0 spiro atoms. The first-order chi connectivity index (χ1) is 14.8. The summed E-state index contributed by atoms with van der Waals surface area (Å²) in [4.78, 5) is 25.9. The summed E-state index contributed by atoms with van der Waals surface area (Å²) in [5.41, 5.74) is 0.391. The molecular formula is C23H24N2O6. The lowest BCUT2D eigenvalue weighted by Gasteiger charge is -2.40. The van der Waals surface area contributed by atoms with E-state index < -0.39 is 23.4 Å². The number of carbonyl (C=O) groups is 1. The Morgan fingerprint density at radius 2 is 1.94 bits per heavy atom. The molecule has 0 unspecified atom stereocenters. The maximum absolute atomic E-state index is 13.2. The van der Waals surface area contributed by atoms with Gasteiger partial charge in [0.2, 0.25) is 0 Å². The number of rotatable bonds is 5. The lowest BCUT2D eigenvalue weighted by atomic mass is 9.66. The molecule has 8 nitrogen and oxygen atoms in total. The third kappa shape index (κ3) is 3.82. The molecule has 0 bridgehead atoms. The summed E-state index contributed by atoms with van der Waals surface area (Å²) in [5.74, 6) is -2.33. The summed E-state index contributed by atoms with van der Waals surface area (Å²) in [6.45, 7) is 1.61. The van der Waals surface area contributed by atoms with Gasteiger partial charge in [-0.25, -0.2) is 0 Å². The van der Waals surface area contributed by atoms with Gasteiger partial charge in [0.1, 0.15) is 6.61 Å². The predicted molar refractivity (Wildman–Crippen MR) is 112 cm³/mol. The van der Waals surface area contributed by atoms with Gasteiger partial charge in [-0.05, 0) is 30.2 Å². The highest BCUT2D eigenvalue weighted by Crippen LogP contribution is 2.46. The Morgan fingerprint density at radius 1 is 1.19 bits per heavy atom. The van der Waals surface area contributed by atoms with Crippen LogP contribution in [0, 0.1) is 5.92 Å². The second kappa shape index (κ2) is 7.96. The van der Waals surface area contributed by atoms with Crippen molar-refractivity contribution in [1.29, 1.82) is 0 Å². The van der Waals surface area contributed by atoms with Crippen LogP contribution in [0.1, 0.15) is 35.2 Å². The number of aromatic hydroxyl groups is 1. The van der Waals surface area contributed by atoms with E-state index in [1.807, 2.05) is 30.3 Å². The van der Waals surface area contributed by atoms with Crippen molar-refractivity contribution in [2.75, 3.05) is 7.11 Å². The molecule has 0 aliphatic heterocycles. The number of phenols is 1. The fraction of sp³-hybridized carbons (Fsp3) is 0.304. The third-order valence-corrected chi connectivity index (χ3v) is 5.79. The molecule has 0 fully saturated rings. The summed E-state index contributed by atoms with van der Waals surface area (Å²) in [5, 5.41) is 26.6. The molecule has 8 heteroatoms. The number of aromatic amines is 2. The number of aromatic nitrogens is 2. The number of methoxy groups -OCH3 is 1. The molecule has 1 aliphatic rings. The number of H-pyrrole nitrogens is 2. The van der Waals surface area contributed by atoms with E-state index in [-0.39, 0.29) is 30.1 Å². The number of hydrogen-bond donors (Lipinski definition) is 4. The molecule has 0 amide bonds. The molecule has 1 aromatic heterocycles. The fourth-order valence-corrected chi connectivity index (χ4v) is 4.32. The highest BCUT2D eigenvalue weighted by molar-refractivity contribution is 5.77. The van der Waals surface area contributed by atoms with Crippen LogP contribution >= 0.6 is 0 Å². The van der Waals surface area contributed by atoms with Crippen LogP contribution < -0.4 is 10.3 Å². The number of ether oxygens (including phenoxy) is 2. The number of carbonyl (C=O) groups excluding carboxylic acids is 1. The first kappa shape index (κ1) is 20.7. The first-order valence-corrected chi connectivity index (χ1v) is 9.91. The standard InChI is InChI=1S/C23H24N2O6/c1-23(29)11-15-19(21(27)25-24-15)18(14-8-9-16(26)17(10-14)30-2)20(23)22(28)31-12-13-6-4-3-5-7-13/h3-10,18,20,26,29H,11-12H2,1-2H3,(H2,24,25,27)/t18-,20-,23+/m1/s1. The third-order valence-electron chi connectivity index (χ3n) is 5.79. The van der Waals surface area contributed by atoms with Crippen LogP contribution in [0.25, 0.3) is 0 Å². The summed E-state index contributed by atoms with van der Waals surface area (Å²) in [6, 6.07) is 13.8. The van der Waals surface area contributed by atoms with E-state index in [0.29, 0.717) is 16.8 Å². The zero-order chi connectivity index (χ0) is 22.2. The topological polar surface area (TPSA) is 125 Å². The van der Waals surface area contributed by atoms with Crippen LogP contribution in [0.5, 0.6) is 11.5 Å². The lowest BCUT2D eigenvalue weighted by molar-refractivity contribution is -0.161. The van der Waals surface area contributed by atoms with E-state index in [2.05, 4.69) is 10.2 Å². The zero-order valence-electron chi connectivity index (χ0n) is 17.2. The highest BCUT2D eigenvalue weighted by Gasteiger charge is 2.51. The van der Waals surface area contributed by atoms with Crippen LogP contribution in [0.15, 0.2) is 53.3 Å². The zero-order valence-corrected chi connectivity index (χ0v) is 17.2. The Balaban J connectivity index is 1.77. The van der Waals surface area contributed by atoms with E-state index >= 15 is 0 Å². The number of benzene rings is 2. The van der Waals surface area contributed by atoms with Gasteiger partial charge in [0.15, 0.2) is 11.5 Å². The van der Waals surface area contributed by atoms with Gasteiger partial charge in [-0.15, -0.1) is 0 Å². The minimum atomic E-state index is -1.48. The van der Waals surface area contributed by atoms with Crippen LogP contribution in [0.3, 0.4) is 0 Å². The number of esters is 1. The van der Waals surface area contributed by atoms with Gasteiger partial charge in [0, 0.05) is 23.6 Å². The van der Waals surface area contributed by atoms with Gasteiger partial charge in [-0.2, -0.15) is 0 Å². The number of aliphatic hydroxyl groups is 1. The van der Waals surface area contributed by atoms with Crippen molar-refractivity contribution < 1.29 is 24.5 Å². The Bertz CT molecular complexity index is 1150. The van der Waals surface area contributed by atoms with Crippen molar-refractivity contribution in [1.82, 2.24) is 10.2 Å². The Hall–Kier alpha value is -3.52. The number of hydrogen-bond acceptors (Lipinski definition) is 6. The maximum atomic E-state index is 13.2. The Morgan fingerprint density at radius 3 is 2.65 bits per heavy atom. The van der Waals surface area contributed by atoms with Gasteiger partial charge in [-0.1, -0.05) is 36.4 Å². The number of phenolic OH excluding ortho intramolecular Hbond substituents is 1. The van der Waals surface area contributed by atoms with Gasteiger partial charge < -0.3 is 24.8 Å². The van der Waals surface area contributed by atoms with Crippen molar-refractivity contribution in [3.8, 4) is 11.5 Å². The Labute approximate surface area is 178 Å². The highest BCUT2D eigenvalue weighted by atomic mass is 16.5. The van der Waals surface area contributed by atoms with E-state index in [9.17, 15) is 19.8 Å². The van der Waals surface area contributed by atoms with Crippen LogP contribution in [0.4, 0.5) is 0 Å². The molecule has 4 N–H and O–H groups in total. The van der Waals surface area contributed by atoms with E-state index in [1.165, 1.54) is 13.2 Å². The van der Waals surface area contributed by atoms with Crippen LogP contribution in [-0.4, -0.2) is 39.1 Å². The minimum absolute atomic E-state index is 0.0498. The molecule has 0 radical (unpaired) electrons. The van der Waals surface area contributed by atoms with Crippen LogP contribution in [0.2, 0.25) is 0 Å².